The first-order valence-corrected chi connectivity index (χ1v) is 10.3. The molecular weight excluding hydrogens is 371 g/mol. The molecule has 2 aliphatic heterocycles. The number of carbonyl (C=O) groups is 2. The molecule has 0 bridgehead atoms. The molecule has 2 aromatic rings. The van der Waals surface area contributed by atoms with Crippen molar-refractivity contribution in [2.45, 2.75) is 31.7 Å². The molecule has 152 valence electrons. The summed E-state index contributed by atoms with van der Waals surface area (Å²) in [7, 11) is 1.82. The third-order valence-corrected chi connectivity index (χ3v) is 6.66. The fraction of sp³-hybridized carbons (Fsp3) is 0.500. The van der Waals surface area contributed by atoms with E-state index in [-0.39, 0.29) is 35.5 Å². The standard InChI is InChI=1S/C22H25FN4O2/c1-13(28)27-11-16-10-26(12-18(16)21(27)15-4-3-5-17(23)8-15)22(29)20-9-19(14-6-7-14)24-25(20)2/h3-5,8-9,14,16,18,21H,6-7,10-12H2,1-2H3/t16-,18-,21+/m1/s1. The molecular formula is C22H25FN4O2. The summed E-state index contributed by atoms with van der Waals surface area (Å²) in [6.07, 6.45) is 2.30. The van der Waals surface area contributed by atoms with Crippen molar-refractivity contribution in [1.29, 1.82) is 0 Å². The molecule has 1 aromatic heterocycles. The maximum atomic E-state index is 13.9. The average molecular weight is 396 g/mol. The molecule has 5 rings (SSSR count). The van der Waals surface area contributed by atoms with Gasteiger partial charge in [0.15, 0.2) is 0 Å². The minimum Gasteiger partial charge on any atom is -0.337 e. The number of likely N-dealkylation sites (tertiary alicyclic amines) is 2. The molecule has 2 amide bonds. The molecule has 1 saturated carbocycles. The summed E-state index contributed by atoms with van der Waals surface area (Å²) in [5.74, 6) is 0.499. The van der Waals surface area contributed by atoms with Crippen molar-refractivity contribution in [3.63, 3.8) is 0 Å². The lowest BCUT2D eigenvalue weighted by atomic mass is 9.89. The minimum atomic E-state index is -0.303. The maximum Gasteiger partial charge on any atom is 0.272 e. The second kappa shape index (κ2) is 6.68. The lowest BCUT2D eigenvalue weighted by Gasteiger charge is -2.29. The molecule has 6 nitrogen and oxygen atoms in total. The zero-order chi connectivity index (χ0) is 20.3. The van der Waals surface area contributed by atoms with Gasteiger partial charge in [-0.15, -0.1) is 0 Å². The summed E-state index contributed by atoms with van der Waals surface area (Å²) in [4.78, 5) is 29.1. The van der Waals surface area contributed by atoms with E-state index < -0.39 is 0 Å². The van der Waals surface area contributed by atoms with Crippen molar-refractivity contribution in [3.05, 3.63) is 53.1 Å². The Labute approximate surface area is 169 Å². The van der Waals surface area contributed by atoms with Gasteiger partial charge in [-0.25, -0.2) is 4.39 Å². The van der Waals surface area contributed by atoms with Gasteiger partial charge in [-0.3, -0.25) is 14.3 Å². The van der Waals surface area contributed by atoms with Crippen molar-refractivity contribution >= 4 is 11.8 Å². The summed E-state index contributed by atoms with van der Waals surface area (Å²) >= 11 is 0. The molecule has 29 heavy (non-hydrogen) atoms. The van der Waals surface area contributed by atoms with Crippen LogP contribution >= 0.6 is 0 Å². The van der Waals surface area contributed by atoms with Crippen LogP contribution in [0.1, 0.15) is 53.5 Å². The highest BCUT2D eigenvalue weighted by Gasteiger charge is 2.49. The second-order valence-electron chi connectivity index (χ2n) is 8.66. The van der Waals surface area contributed by atoms with Gasteiger partial charge in [0.05, 0.1) is 11.7 Å². The van der Waals surface area contributed by atoms with Gasteiger partial charge in [-0.1, -0.05) is 12.1 Å². The molecule has 3 fully saturated rings. The van der Waals surface area contributed by atoms with Crippen molar-refractivity contribution in [1.82, 2.24) is 19.6 Å². The normalized spacial score (nSPS) is 26.1. The number of benzene rings is 1. The van der Waals surface area contributed by atoms with Crippen LogP contribution < -0.4 is 0 Å². The van der Waals surface area contributed by atoms with E-state index in [9.17, 15) is 14.0 Å². The van der Waals surface area contributed by atoms with E-state index in [1.807, 2.05) is 29.0 Å². The van der Waals surface area contributed by atoms with Crippen LogP contribution in [0.5, 0.6) is 0 Å². The Bertz CT molecular complexity index is 983. The molecule has 3 atom stereocenters. The van der Waals surface area contributed by atoms with Gasteiger partial charge in [0.2, 0.25) is 5.91 Å². The number of halogens is 1. The Morgan fingerprint density at radius 2 is 1.93 bits per heavy atom. The molecule has 2 saturated heterocycles. The number of aromatic nitrogens is 2. The molecule has 1 aliphatic carbocycles. The second-order valence-corrected chi connectivity index (χ2v) is 8.66. The highest BCUT2D eigenvalue weighted by atomic mass is 19.1. The van der Waals surface area contributed by atoms with Gasteiger partial charge in [0.25, 0.3) is 5.91 Å². The maximum absolute atomic E-state index is 13.9. The summed E-state index contributed by atoms with van der Waals surface area (Å²) in [6, 6.07) is 8.22. The zero-order valence-corrected chi connectivity index (χ0v) is 16.7. The number of rotatable bonds is 3. The van der Waals surface area contributed by atoms with Gasteiger partial charge < -0.3 is 9.80 Å². The first-order chi connectivity index (χ1) is 13.9. The van der Waals surface area contributed by atoms with Crippen molar-refractivity contribution in [2.24, 2.45) is 18.9 Å². The van der Waals surface area contributed by atoms with E-state index in [0.717, 1.165) is 24.1 Å². The molecule has 0 radical (unpaired) electrons. The smallest absolute Gasteiger partial charge is 0.272 e. The van der Waals surface area contributed by atoms with E-state index in [1.54, 1.807) is 17.7 Å². The van der Waals surface area contributed by atoms with Crippen LogP contribution in [0, 0.1) is 17.7 Å². The van der Waals surface area contributed by atoms with Crippen molar-refractivity contribution < 1.29 is 14.0 Å². The first kappa shape index (κ1) is 18.3. The number of aryl methyl sites for hydroxylation is 1. The highest BCUT2D eigenvalue weighted by Crippen LogP contribution is 2.45. The van der Waals surface area contributed by atoms with Gasteiger partial charge in [0, 0.05) is 51.4 Å². The first-order valence-electron chi connectivity index (χ1n) is 10.3. The Kier molecular flexibility index (Phi) is 4.22. The summed E-state index contributed by atoms with van der Waals surface area (Å²) in [5.41, 5.74) is 2.44. The number of amides is 2. The third kappa shape index (κ3) is 3.12. The van der Waals surface area contributed by atoms with Crippen LogP contribution in [-0.4, -0.2) is 51.0 Å². The lowest BCUT2D eigenvalue weighted by Crippen LogP contribution is -2.37. The quantitative estimate of drug-likeness (QED) is 0.802. The van der Waals surface area contributed by atoms with Crippen LogP contribution in [0.25, 0.3) is 0 Å². The Balaban J connectivity index is 1.40. The van der Waals surface area contributed by atoms with Gasteiger partial charge >= 0.3 is 0 Å². The Morgan fingerprint density at radius 3 is 2.62 bits per heavy atom. The monoisotopic (exact) mass is 396 g/mol. The van der Waals surface area contributed by atoms with Crippen LogP contribution in [0.3, 0.4) is 0 Å². The van der Waals surface area contributed by atoms with E-state index in [2.05, 4.69) is 5.10 Å². The Hall–Kier alpha value is -2.70. The molecule has 1 aromatic carbocycles. The largest absolute Gasteiger partial charge is 0.337 e. The number of nitrogens with zero attached hydrogens (tertiary/aromatic N) is 4. The van der Waals surface area contributed by atoms with Crippen LogP contribution in [0.2, 0.25) is 0 Å². The summed E-state index contributed by atoms with van der Waals surface area (Å²) in [6.45, 7) is 3.34. The predicted octanol–water partition coefficient (Wildman–Crippen LogP) is 2.73. The van der Waals surface area contributed by atoms with Gasteiger partial charge in [-0.2, -0.15) is 5.10 Å². The van der Waals surface area contributed by atoms with E-state index in [1.165, 1.54) is 12.1 Å². The number of fused-ring (bicyclic) bond motifs is 1. The summed E-state index contributed by atoms with van der Waals surface area (Å²) < 4.78 is 15.5. The lowest BCUT2D eigenvalue weighted by molar-refractivity contribution is -0.130. The topological polar surface area (TPSA) is 58.4 Å². The van der Waals surface area contributed by atoms with Crippen LogP contribution in [-0.2, 0) is 11.8 Å². The van der Waals surface area contributed by atoms with Gasteiger partial charge in [0.1, 0.15) is 11.5 Å². The minimum absolute atomic E-state index is 0.00586. The van der Waals surface area contributed by atoms with Gasteiger partial charge in [-0.05, 0) is 36.6 Å². The molecule has 0 unspecified atom stereocenters. The fourth-order valence-electron chi connectivity index (χ4n) is 5.08. The molecule has 0 spiro atoms. The Morgan fingerprint density at radius 1 is 1.14 bits per heavy atom. The summed E-state index contributed by atoms with van der Waals surface area (Å²) in [5, 5.41) is 4.52. The molecule has 3 aliphatic rings. The number of hydrogen-bond donors (Lipinski definition) is 0. The third-order valence-electron chi connectivity index (χ3n) is 6.66. The highest BCUT2D eigenvalue weighted by molar-refractivity contribution is 5.93. The number of hydrogen-bond acceptors (Lipinski definition) is 3. The molecule has 7 heteroatoms. The average Bonchev–Trinajstić information content (AvgIpc) is 3.18. The van der Waals surface area contributed by atoms with Crippen LogP contribution in [0.15, 0.2) is 30.3 Å². The predicted molar refractivity (Wildman–Crippen MR) is 105 cm³/mol. The van der Waals surface area contributed by atoms with E-state index in [0.29, 0.717) is 31.2 Å². The SMILES string of the molecule is CC(=O)N1C[C@H]2CN(C(=O)c3cc(C4CC4)nn3C)C[C@H]2[C@@H]1c1cccc(F)c1. The number of carbonyl (C=O) groups excluding carboxylic acids is 2. The van der Waals surface area contributed by atoms with E-state index >= 15 is 0 Å². The molecule has 0 N–H and O–H groups in total. The van der Waals surface area contributed by atoms with Crippen LogP contribution in [0.4, 0.5) is 4.39 Å². The van der Waals surface area contributed by atoms with Crippen molar-refractivity contribution in [2.75, 3.05) is 19.6 Å². The fourth-order valence-corrected chi connectivity index (χ4v) is 5.08. The van der Waals surface area contributed by atoms with E-state index in [4.69, 9.17) is 0 Å². The molecule has 3 heterocycles. The van der Waals surface area contributed by atoms with Crippen molar-refractivity contribution in [3.8, 4) is 0 Å². The zero-order valence-electron chi connectivity index (χ0n) is 16.7.